The molecule has 0 heterocycles. The van der Waals surface area contributed by atoms with E-state index in [4.69, 9.17) is 10.6 Å². The van der Waals surface area contributed by atoms with Gasteiger partial charge < -0.3 is 16.0 Å². The predicted octanol–water partition coefficient (Wildman–Crippen LogP) is 0.682. The van der Waals surface area contributed by atoms with E-state index in [1.54, 1.807) is 0 Å². The molecule has 1 fully saturated rings. The van der Waals surface area contributed by atoms with Gasteiger partial charge in [-0.25, -0.2) is 4.79 Å². The Kier molecular flexibility index (Phi) is 3.92. The van der Waals surface area contributed by atoms with Crippen LogP contribution in [-0.2, 0) is 4.79 Å². The van der Waals surface area contributed by atoms with Gasteiger partial charge in [-0.2, -0.15) is 4.79 Å². The predicted molar refractivity (Wildman–Crippen MR) is 51.6 cm³/mol. The van der Waals surface area contributed by atoms with Gasteiger partial charge in [-0.3, -0.25) is 4.79 Å². The van der Waals surface area contributed by atoms with Crippen LogP contribution in [0.5, 0.6) is 0 Å². The van der Waals surface area contributed by atoms with Crippen LogP contribution in [0.4, 0.5) is 4.79 Å². The molecular weight excluding hydrogens is 455 g/mol. The van der Waals surface area contributed by atoms with Gasteiger partial charge in [-0.05, 0) is 18.8 Å². The first-order chi connectivity index (χ1) is 7.03. The molecule has 1 saturated carbocycles. The number of ketones is 1. The monoisotopic (exact) mass is 468 g/mol. The van der Waals surface area contributed by atoms with Crippen LogP contribution in [0.15, 0.2) is 0 Å². The Morgan fingerprint density at radius 1 is 1.62 bits per heavy atom. The van der Waals surface area contributed by atoms with E-state index in [-0.39, 0.29) is 5.92 Å². The fraction of sp³-hybridized carbons (Fsp3) is 0.667. The molecule has 0 aromatic rings. The molecule has 1 rings (SSSR count). The van der Waals surface area contributed by atoms with E-state index in [9.17, 15) is 9.59 Å². The van der Waals surface area contributed by atoms with Crippen molar-refractivity contribution in [2.24, 2.45) is 5.92 Å². The van der Waals surface area contributed by atoms with Gasteiger partial charge in [-0.15, -0.1) is 0 Å². The third-order valence-corrected chi connectivity index (χ3v) is 2.99. The standard InChI is InChI=1S/C9H13N3O3.Fm/c1-6-3-2-4-9(6,12-8(14)15)7(13)5-11-10;/h5-6,12H,2-4H2,1H3,(H,14,15);/t6-,9-;/m1./s1. The maximum atomic E-state index is 11.7. The number of rotatable bonds is 3. The smallest absolute Gasteiger partial charge is 0.405 e. The van der Waals surface area contributed by atoms with Crippen LogP contribution < -0.4 is 5.32 Å². The number of carbonyl (C=O) groups excluding carboxylic acids is 1. The van der Waals surface area contributed by atoms with E-state index >= 15 is 0 Å². The van der Waals surface area contributed by atoms with Crippen molar-refractivity contribution in [1.82, 2.24) is 5.32 Å². The van der Waals surface area contributed by atoms with E-state index in [0.717, 1.165) is 19.1 Å². The minimum atomic E-state index is -1.23. The van der Waals surface area contributed by atoms with Crippen molar-refractivity contribution in [1.29, 1.82) is 0 Å². The molecule has 1 aliphatic carbocycles. The van der Waals surface area contributed by atoms with E-state index in [2.05, 4.69) is 10.1 Å². The van der Waals surface area contributed by atoms with Crippen molar-refractivity contribution in [3.8, 4) is 0 Å². The van der Waals surface area contributed by atoms with Gasteiger partial charge in [0.25, 0.3) is 5.78 Å². The van der Waals surface area contributed by atoms with Crippen molar-refractivity contribution >= 4 is 18.1 Å². The summed E-state index contributed by atoms with van der Waals surface area (Å²) >= 11 is 0. The van der Waals surface area contributed by atoms with Crippen LogP contribution in [0.25, 0.3) is 5.53 Å². The summed E-state index contributed by atoms with van der Waals surface area (Å²) in [7, 11) is 0. The number of carbonyl (C=O) groups is 2. The van der Waals surface area contributed by atoms with Crippen molar-refractivity contribution in [3.63, 3.8) is 0 Å². The maximum absolute atomic E-state index is 11.7. The number of hydrogen-bond acceptors (Lipinski definition) is 2. The summed E-state index contributed by atoms with van der Waals surface area (Å²) in [6, 6.07) is 0. The second kappa shape index (κ2) is 4.70. The van der Waals surface area contributed by atoms with Crippen molar-refractivity contribution < 1.29 is 19.5 Å². The third kappa shape index (κ3) is 2.04. The molecule has 0 aliphatic heterocycles. The minimum absolute atomic E-state index is 0. The molecule has 1 amide bonds. The Balaban J connectivity index is 0.00000225. The summed E-state index contributed by atoms with van der Waals surface area (Å²) < 4.78 is 0. The zero-order chi connectivity index (χ0) is 11.5. The number of hydrogen-bond donors (Lipinski definition) is 2. The van der Waals surface area contributed by atoms with Gasteiger partial charge in [-0.1, -0.05) is 13.3 Å². The van der Waals surface area contributed by atoms with Crippen LogP contribution >= 0.6 is 0 Å². The fourth-order valence-corrected chi connectivity index (χ4v) is 2.15. The maximum Gasteiger partial charge on any atom is 0.405 e. The first kappa shape index (κ1) is 13.3. The summed E-state index contributed by atoms with van der Waals surface area (Å²) in [6.07, 6.45) is 1.55. The number of amides is 1. The van der Waals surface area contributed by atoms with Crippen LogP contribution in [0.1, 0.15) is 26.2 Å². The molecule has 0 aromatic carbocycles. The average molecular weight is 468 g/mol. The molecule has 16 heavy (non-hydrogen) atoms. The first-order valence-corrected chi connectivity index (χ1v) is 4.76. The minimum Gasteiger partial charge on any atom is -0.465 e. The molecule has 6 nitrogen and oxygen atoms in total. The van der Waals surface area contributed by atoms with Crippen molar-refractivity contribution in [3.05, 3.63) is 5.53 Å². The van der Waals surface area contributed by atoms with E-state index < -0.39 is 17.4 Å². The molecule has 94 valence electrons. The Morgan fingerprint density at radius 3 is 2.62 bits per heavy atom. The number of nitrogens with zero attached hydrogens (tertiary/aromatic N) is 2. The molecule has 7 heteroatoms. The number of nitrogens with one attached hydrogen (secondary N) is 1. The molecule has 0 radical (unpaired) electrons. The molecule has 1 aliphatic rings. The molecule has 2 atom stereocenters. The first-order valence-electron chi connectivity index (χ1n) is 4.76. The summed E-state index contributed by atoms with van der Waals surface area (Å²) in [5, 5.41) is 11.0. The fourth-order valence-electron chi connectivity index (χ4n) is 2.15. The number of carboxylic acid groups (broad SMARTS) is 1. The van der Waals surface area contributed by atoms with Crippen LogP contribution in [0, 0.1) is 5.92 Å². The molecule has 2 N–H and O–H groups in total. The Hall–Kier alpha value is -2.68. The normalized spacial score (nSPS) is 27.4. The Labute approximate surface area is 86.9 Å². The zero-order valence-corrected chi connectivity index (χ0v) is 11.1. The van der Waals surface area contributed by atoms with Crippen LogP contribution in [0.3, 0.4) is 0 Å². The zero-order valence-electron chi connectivity index (χ0n) is 8.72. The molecule has 0 spiro atoms. The quantitative estimate of drug-likeness (QED) is 0.362. The van der Waals surface area contributed by atoms with Gasteiger partial charge in [0.2, 0.25) is 0 Å². The van der Waals surface area contributed by atoms with E-state index in [1.165, 1.54) is 0 Å². The topological polar surface area (TPSA) is 103 Å². The number of Topliss-reactive ketones (excluding diaryl/α,β-unsaturated/α-hetero) is 1. The second-order valence-electron chi connectivity index (χ2n) is 3.80. The summed E-state index contributed by atoms with van der Waals surface area (Å²) in [5.74, 6) is -0.573. The summed E-state index contributed by atoms with van der Waals surface area (Å²) in [4.78, 5) is 25.0. The average Bonchev–Trinajstić information content (AvgIpc) is 2.48. The molecule has 0 saturated heterocycles. The molecule has 0 aromatic heterocycles. The summed E-state index contributed by atoms with van der Waals surface area (Å²) in [6.45, 7) is 1.81. The second-order valence-corrected chi connectivity index (χ2v) is 3.80. The Morgan fingerprint density at radius 2 is 2.25 bits per heavy atom. The largest absolute Gasteiger partial charge is 0.465 e. The molecule has 0 bridgehead atoms. The van der Waals surface area contributed by atoms with Crippen LogP contribution in [0.2, 0.25) is 0 Å². The van der Waals surface area contributed by atoms with E-state index in [0.29, 0.717) is 6.42 Å². The van der Waals surface area contributed by atoms with Gasteiger partial charge in [0, 0.05) is 0 Å². The Bertz CT molecular complexity index is 341. The van der Waals surface area contributed by atoms with Crippen molar-refractivity contribution in [2.75, 3.05) is 0 Å². The van der Waals surface area contributed by atoms with E-state index in [1.807, 2.05) is 6.92 Å². The molecule has 0 unspecified atom stereocenters. The van der Waals surface area contributed by atoms with Crippen molar-refractivity contribution in [2.45, 2.75) is 31.7 Å². The van der Waals surface area contributed by atoms with Gasteiger partial charge in [0.1, 0.15) is 5.54 Å². The van der Waals surface area contributed by atoms with Gasteiger partial charge in [0.05, 0.1) is 0 Å². The SMILES string of the molecule is C[C@@H]1CCC[C@]1(NC(=O)O)C(=O)C=[N+]=[N-].[Fm]. The third-order valence-electron chi connectivity index (χ3n) is 2.99. The molecular formula is C9H13FmN3O3. The van der Waals surface area contributed by atoms with Crippen LogP contribution in [-0.4, -0.2) is 33.5 Å². The summed E-state index contributed by atoms with van der Waals surface area (Å²) in [5.41, 5.74) is 7.19. The van der Waals surface area contributed by atoms with Gasteiger partial charge >= 0.3 is 12.3 Å². The van der Waals surface area contributed by atoms with Gasteiger partial charge in [0.15, 0.2) is 0 Å².